The van der Waals surface area contributed by atoms with E-state index in [0.717, 1.165) is 36.6 Å². The number of rotatable bonds is 1. The maximum atomic E-state index is 12.7. The number of anilines is 2. The zero-order valence-electron chi connectivity index (χ0n) is 11.5. The number of hydrogen-bond donors (Lipinski definition) is 1. The highest BCUT2D eigenvalue weighted by Gasteiger charge is 2.21. The van der Waals surface area contributed by atoms with E-state index in [1.807, 2.05) is 48.2 Å². The van der Waals surface area contributed by atoms with E-state index < -0.39 is 0 Å². The fourth-order valence-corrected chi connectivity index (χ4v) is 2.40. The predicted octanol–water partition coefficient (Wildman–Crippen LogP) is 2.85. The van der Waals surface area contributed by atoms with Crippen LogP contribution in [0.1, 0.15) is 22.5 Å². The van der Waals surface area contributed by atoms with E-state index in [9.17, 15) is 4.79 Å². The van der Waals surface area contributed by atoms with Crippen molar-refractivity contribution in [1.82, 2.24) is 4.98 Å². The molecule has 2 heterocycles. The van der Waals surface area contributed by atoms with E-state index in [1.54, 1.807) is 6.20 Å². The van der Waals surface area contributed by atoms with Gasteiger partial charge in [0, 0.05) is 25.0 Å². The van der Waals surface area contributed by atoms with E-state index in [1.165, 1.54) is 0 Å². The zero-order valence-corrected chi connectivity index (χ0v) is 11.5. The van der Waals surface area contributed by atoms with Crippen molar-refractivity contribution in [1.29, 1.82) is 0 Å². The molecule has 0 aliphatic carbocycles. The fourth-order valence-electron chi connectivity index (χ4n) is 2.40. The maximum absolute atomic E-state index is 12.7. The summed E-state index contributed by atoms with van der Waals surface area (Å²) in [5.74, 6) is 0.00801. The number of pyridine rings is 1. The number of nitrogens with zero attached hydrogens (tertiary/aromatic N) is 2. The third kappa shape index (κ3) is 2.37. The van der Waals surface area contributed by atoms with Crippen LogP contribution in [-0.4, -0.2) is 24.0 Å². The van der Waals surface area contributed by atoms with Crippen molar-refractivity contribution < 1.29 is 4.79 Å². The molecule has 4 nitrogen and oxygen atoms in total. The highest BCUT2D eigenvalue weighted by Crippen LogP contribution is 2.29. The lowest BCUT2D eigenvalue weighted by Gasteiger charge is -2.22. The molecular weight excluding hydrogens is 250 g/mol. The smallest absolute Gasteiger partial charge is 0.259 e. The summed E-state index contributed by atoms with van der Waals surface area (Å²) in [7, 11) is 0. The molecule has 0 unspecified atom stereocenters. The van der Waals surface area contributed by atoms with Crippen molar-refractivity contribution in [3.8, 4) is 0 Å². The predicted molar refractivity (Wildman–Crippen MR) is 80.2 cm³/mol. The summed E-state index contributed by atoms with van der Waals surface area (Å²) < 4.78 is 0. The summed E-state index contributed by atoms with van der Waals surface area (Å²) in [4.78, 5) is 18.7. The molecule has 1 aromatic carbocycles. The molecule has 102 valence electrons. The van der Waals surface area contributed by atoms with E-state index in [2.05, 4.69) is 10.3 Å². The summed E-state index contributed by atoms with van der Waals surface area (Å²) in [6, 6.07) is 11.6. The highest BCUT2D eigenvalue weighted by atomic mass is 16.2. The first-order valence-corrected chi connectivity index (χ1v) is 6.83. The number of nitrogens with one attached hydrogen (secondary N) is 1. The van der Waals surface area contributed by atoms with E-state index in [4.69, 9.17) is 0 Å². The molecule has 0 atom stereocenters. The average Bonchev–Trinajstić information content (AvgIpc) is 2.69. The minimum Gasteiger partial charge on any atom is -0.383 e. The van der Waals surface area contributed by atoms with Gasteiger partial charge in [-0.15, -0.1) is 0 Å². The molecule has 0 bridgehead atoms. The number of amides is 1. The monoisotopic (exact) mass is 267 g/mol. The molecule has 1 amide bonds. The van der Waals surface area contributed by atoms with E-state index in [-0.39, 0.29) is 5.91 Å². The molecule has 3 rings (SSSR count). The van der Waals surface area contributed by atoms with E-state index in [0.29, 0.717) is 5.56 Å². The molecule has 0 fully saturated rings. The summed E-state index contributed by atoms with van der Waals surface area (Å²) in [6.45, 7) is 3.52. The Hall–Kier alpha value is -2.36. The summed E-state index contributed by atoms with van der Waals surface area (Å²) in [5.41, 5.74) is 3.50. The van der Waals surface area contributed by atoms with Gasteiger partial charge in [-0.25, -0.2) is 0 Å². The quantitative estimate of drug-likeness (QED) is 0.864. The Morgan fingerprint density at radius 1 is 1.25 bits per heavy atom. The van der Waals surface area contributed by atoms with Crippen LogP contribution in [0.25, 0.3) is 0 Å². The van der Waals surface area contributed by atoms with Crippen LogP contribution in [0.2, 0.25) is 0 Å². The lowest BCUT2D eigenvalue weighted by atomic mass is 10.2. The molecular formula is C16H17N3O. The van der Waals surface area contributed by atoms with Crippen LogP contribution >= 0.6 is 0 Å². The Balaban J connectivity index is 1.97. The van der Waals surface area contributed by atoms with Crippen LogP contribution in [-0.2, 0) is 0 Å². The summed E-state index contributed by atoms with van der Waals surface area (Å²) in [5, 5.41) is 3.36. The number of carbonyl (C=O) groups is 1. The molecule has 1 aromatic heterocycles. The Morgan fingerprint density at radius 3 is 2.90 bits per heavy atom. The van der Waals surface area contributed by atoms with E-state index >= 15 is 0 Å². The van der Waals surface area contributed by atoms with Gasteiger partial charge in [-0.1, -0.05) is 12.1 Å². The Kier molecular flexibility index (Phi) is 3.37. The SMILES string of the molecule is Cc1ccc(C(=O)N2CCCNc3ccccc32)cn1. The zero-order chi connectivity index (χ0) is 13.9. The average molecular weight is 267 g/mol. The number of hydrogen-bond acceptors (Lipinski definition) is 3. The minimum atomic E-state index is 0.00801. The molecule has 0 radical (unpaired) electrons. The topological polar surface area (TPSA) is 45.2 Å². The van der Waals surface area contributed by atoms with Crippen LogP contribution in [0.3, 0.4) is 0 Å². The van der Waals surface area contributed by atoms with Crippen molar-refractivity contribution in [2.45, 2.75) is 13.3 Å². The molecule has 1 N–H and O–H groups in total. The molecule has 4 heteroatoms. The van der Waals surface area contributed by atoms with Crippen LogP contribution in [0, 0.1) is 6.92 Å². The number of benzene rings is 1. The Morgan fingerprint density at radius 2 is 2.10 bits per heavy atom. The molecule has 0 saturated heterocycles. The summed E-state index contributed by atoms with van der Waals surface area (Å²) in [6.07, 6.45) is 2.58. The molecule has 0 spiro atoms. The van der Waals surface area contributed by atoms with Crippen molar-refractivity contribution in [3.05, 3.63) is 53.9 Å². The molecule has 0 saturated carbocycles. The number of carbonyl (C=O) groups excluding carboxylic acids is 1. The van der Waals surface area contributed by atoms with Gasteiger partial charge < -0.3 is 10.2 Å². The second kappa shape index (κ2) is 5.33. The second-order valence-electron chi connectivity index (χ2n) is 4.94. The minimum absolute atomic E-state index is 0.00801. The molecule has 20 heavy (non-hydrogen) atoms. The lowest BCUT2D eigenvalue weighted by Crippen LogP contribution is -2.31. The van der Waals surface area contributed by atoms with Gasteiger partial charge in [-0.05, 0) is 37.6 Å². The third-order valence-corrected chi connectivity index (χ3v) is 3.47. The van der Waals surface area contributed by atoms with Gasteiger partial charge in [0.25, 0.3) is 5.91 Å². The largest absolute Gasteiger partial charge is 0.383 e. The van der Waals surface area contributed by atoms with Crippen LogP contribution in [0.5, 0.6) is 0 Å². The normalized spacial score (nSPS) is 14.2. The lowest BCUT2D eigenvalue weighted by molar-refractivity contribution is 0.0987. The first kappa shape index (κ1) is 12.7. The Labute approximate surface area is 118 Å². The van der Waals surface area contributed by atoms with Gasteiger partial charge in [-0.2, -0.15) is 0 Å². The van der Waals surface area contributed by atoms with Gasteiger partial charge in [-0.3, -0.25) is 9.78 Å². The van der Waals surface area contributed by atoms with Crippen LogP contribution in [0.4, 0.5) is 11.4 Å². The molecule has 1 aliphatic rings. The first-order valence-electron chi connectivity index (χ1n) is 6.83. The van der Waals surface area contributed by atoms with Gasteiger partial charge in [0.1, 0.15) is 0 Å². The number of aryl methyl sites for hydroxylation is 1. The van der Waals surface area contributed by atoms with Gasteiger partial charge in [0.2, 0.25) is 0 Å². The van der Waals surface area contributed by atoms with Crippen molar-refractivity contribution in [2.24, 2.45) is 0 Å². The molecule has 1 aliphatic heterocycles. The van der Waals surface area contributed by atoms with Crippen LogP contribution < -0.4 is 10.2 Å². The third-order valence-electron chi connectivity index (χ3n) is 3.47. The van der Waals surface area contributed by atoms with Gasteiger partial charge in [0.15, 0.2) is 0 Å². The number of fused-ring (bicyclic) bond motifs is 1. The number of aromatic nitrogens is 1. The van der Waals surface area contributed by atoms with Crippen molar-refractivity contribution in [2.75, 3.05) is 23.3 Å². The van der Waals surface area contributed by atoms with Crippen LogP contribution in [0.15, 0.2) is 42.6 Å². The van der Waals surface area contributed by atoms with Crippen molar-refractivity contribution in [3.63, 3.8) is 0 Å². The summed E-state index contributed by atoms with van der Waals surface area (Å²) >= 11 is 0. The second-order valence-corrected chi connectivity index (χ2v) is 4.94. The van der Waals surface area contributed by atoms with Gasteiger partial charge >= 0.3 is 0 Å². The standard InChI is InChI=1S/C16H17N3O/c1-12-7-8-13(11-18-12)16(20)19-10-4-9-17-14-5-2-3-6-15(14)19/h2-3,5-8,11,17H,4,9-10H2,1H3. The first-order chi connectivity index (χ1) is 9.75. The molecule has 2 aromatic rings. The Bertz CT molecular complexity index is 622. The van der Waals surface area contributed by atoms with Crippen molar-refractivity contribution >= 4 is 17.3 Å². The number of para-hydroxylation sites is 2. The van der Waals surface area contributed by atoms with Gasteiger partial charge in [0.05, 0.1) is 16.9 Å². The highest BCUT2D eigenvalue weighted by molar-refractivity contribution is 6.07. The fraction of sp³-hybridized carbons (Fsp3) is 0.250. The maximum Gasteiger partial charge on any atom is 0.259 e.